The van der Waals surface area contributed by atoms with E-state index in [9.17, 15) is 24.2 Å². The molecule has 0 saturated carbocycles. The van der Waals surface area contributed by atoms with Gasteiger partial charge in [-0.2, -0.15) is 0 Å². The minimum atomic E-state index is -1.13. The Morgan fingerprint density at radius 3 is 2.50 bits per heavy atom. The van der Waals surface area contributed by atoms with Crippen LogP contribution in [0.5, 0.6) is 0 Å². The van der Waals surface area contributed by atoms with Crippen molar-refractivity contribution in [2.24, 2.45) is 5.92 Å². The first-order valence-electron chi connectivity index (χ1n) is 8.44. The zero-order chi connectivity index (χ0) is 18.7. The van der Waals surface area contributed by atoms with Gasteiger partial charge in [0.25, 0.3) is 0 Å². The first-order chi connectivity index (χ1) is 12.5. The van der Waals surface area contributed by atoms with Gasteiger partial charge in [-0.1, -0.05) is 42.5 Å². The van der Waals surface area contributed by atoms with E-state index in [2.05, 4.69) is 0 Å². The van der Waals surface area contributed by atoms with E-state index < -0.39 is 23.8 Å². The summed E-state index contributed by atoms with van der Waals surface area (Å²) in [7, 11) is 0. The number of halogens is 1. The second-order valence-corrected chi connectivity index (χ2v) is 6.54. The van der Waals surface area contributed by atoms with Gasteiger partial charge in [0.15, 0.2) is 0 Å². The molecule has 0 bridgehead atoms. The summed E-state index contributed by atoms with van der Waals surface area (Å²) < 4.78 is 13.3. The van der Waals surface area contributed by atoms with Crippen LogP contribution in [0.1, 0.15) is 29.6 Å². The lowest BCUT2D eigenvalue weighted by Crippen LogP contribution is -2.31. The standard InChI is InChI=1S/C20H20FNO4/c21-15-8-4-7-14(9-15)18(23)10-19(24)22-11-16(17(12-22)20(25)26)13-5-2-1-3-6-13/h1-9,16-18,23H,10-12H2,(H,25,26). The van der Waals surface area contributed by atoms with E-state index in [4.69, 9.17) is 0 Å². The molecule has 3 atom stereocenters. The molecule has 3 unspecified atom stereocenters. The fraction of sp³-hybridized carbons (Fsp3) is 0.300. The van der Waals surface area contributed by atoms with E-state index in [1.807, 2.05) is 30.3 Å². The van der Waals surface area contributed by atoms with Crippen LogP contribution in [-0.4, -0.2) is 40.1 Å². The first-order valence-corrected chi connectivity index (χ1v) is 8.44. The molecule has 0 aliphatic carbocycles. The van der Waals surface area contributed by atoms with Crippen LogP contribution in [0.25, 0.3) is 0 Å². The number of hydrogen-bond acceptors (Lipinski definition) is 3. The summed E-state index contributed by atoms with van der Waals surface area (Å²) in [5.41, 5.74) is 1.20. The number of nitrogens with zero attached hydrogens (tertiary/aromatic N) is 1. The summed E-state index contributed by atoms with van der Waals surface area (Å²) in [6, 6.07) is 14.7. The molecule has 136 valence electrons. The third kappa shape index (κ3) is 3.91. The predicted octanol–water partition coefficient (Wildman–Crippen LogP) is 2.58. The average Bonchev–Trinajstić information content (AvgIpc) is 3.08. The third-order valence-corrected chi connectivity index (χ3v) is 4.82. The van der Waals surface area contributed by atoms with Crippen LogP contribution in [0.2, 0.25) is 0 Å². The number of aliphatic carboxylic acids is 1. The summed E-state index contributed by atoms with van der Waals surface area (Å²) in [4.78, 5) is 25.6. The Morgan fingerprint density at radius 1 is 1.12 bits per heavy atom. The molecule has 2 aromatic rings. The van der Waals surface area contributed by atoms with Gasteiger partial charge in [0.1, 0.15) is 5.82 Å². The van der Waals surface area contributed by atoms with Crippen LogP contribution in [-0.2, 0) is 9.59 Å². The molecule has 1 aliphatic rings. The normalized spacial score (nSPS) is 20.8. The number of aliphatic hydroxyl groups is 1. The van der Waals surface area contributed by atoms with E-state index in [0.717, 1.165) is 5.56 Å². The lowest BCUT2D eigenvalue weighted by atomic mass is 9.89. The summed E-state index contributed by atoms with van der Waals surface area (Å²) in [6.45, 7) is 0.388. The minimum absolute atomic E-state index is 0.101. The van der Waals surface area contributed by atoms with Crippen molar-refractivity contribution in [1.29, 1.82) is 0 Å². The van der Waals surface area contributed by atoms with Crippen molar-refractivity contribution < 1.29 is 24.2 Å². The molecule has 5 nitrogen and oxygen atoms in total. The number of carboxylic acids is 1. The molecule has 1 amide bonds. The molecule has 1 saturated heterocycles. The smallest absolute Gasteiger partial charge is 0.308 e. The van der Waals surface area contributed by atoms with E-state index >= 15 is 0 Å². The number of hydrogen-bond donors (Lipinski definition) is 2. The Balaban J connectivity index is 1.71. The zero-order valence-electron chi connectivity index (χ0n) is 14.1. The molecular weight excluding hydrogens is 337 g/mol. The maximum absolute atomic E-state index is 13.3. The number of likely N-dealkylation sites (tertiary alicyclic amines) is 1. The monoisotopic (exact) mass is 357 g/mol. The quantitative estimate of drug-likeness (QED) is 0.862. The molecule has 2 aromatic carbocycles. The van der Waals surface area contributed by atoms with Gasteiger partial charge in [0, 0.05) is 19.0 Å². The minimum Gasteiger partial charge on any atom is -0.481 e. The Morgan fingerprint density at radius 2 is 1.85 bits per heavy atom. The molecule has 1 fully saturated rings. The van der Waals surface area contributed by atoms with Crippen LogP contribution >= 0.6 is 0 Å². The molecule has 0 spiro atoms. The Kier molecular flexibility index (Phi) is 5.32. The summed E-state index contributed by atoms with van der Waals surface area (Å²) in [6.07, 6.45) is -1.34. The fourth-order valence-corrected chi connectivity index (χ4v) is 3.42. The molecule has 0 aromatic heterocycles. The van der Waals surface area contributed by atoms with Gasteiger partial charge in [0.05, 0.1) is 18.4 Å². The van der Waals surface area contributed by atoms with Crippen molar-refractivity contribution in [1.82, 2.24) is 4.90 Å². The van der Waals surface area contributed by atoms with Crippen molar-refractivity contribution in [2.45, 2.75) is 18.4 Å². The SMILES string of the molecule is O=C(O)C1CN(C(=O)CC(O)c2cccc(F)c2)CC1c1ccccc1. The number of aliphatic hydroxyl groups excluding tert-OH is 1. The van der Waals surface area contributed by atoms with E-state index in [1.165, 1.54) is 23.1 Å². The van der Waals surface area contributed by atoms with Crippen LogP contribution in [0, 0.1) is 11.7 Å². The van der Waals surface area contributed by atoms with Gasteiger partial charge in [0.2, 0.25) is 5.91 Å². The van der Waals surface area contributed by atoms with Crippen molar-refractivity contribution in [3.63, 3.8) is 0 Å². The number of carbonyl (C=O) groups excluding carboxylic acids is 1. The Hall–Kier alpha value is -2.73. The van der Waals surface area contributed by atoms with Gasteiger partial charge in [-0.15, -0.1) is 0 Å². The highest BCUT2D eigenvalue weighted by Gasteiger charge is 2.40. The van der Waals surface area contributed by atoms with Gasteiger partial charge in [-0.25, -0.2) is 4.39 Å². The van der Waals surface area contributed by atoms with Crippen molar-refractivity contribution >= 4 is 11.9 Å². The predicted molar refractivity (Wildman–Crippen MR) is 92.9 cm³/mol. The number of benzene rings is 2. The van der Waals surface area contributed by atoms with Crippen molar-refractivity contribution in [3.8, 4) is 0 Å². The molecule has 0 radical (unpaired) electrons. The molecule has 26 heavy (non-hydrogen) atoms. The largest absolute Gasteiger partial charge is 0.481 e. The van der Waals surface area contributed by atoms with Gasteiger partial charge < -0.3 is 15.1 Å². The van der Waals surface area contributed by atoms with E-state index in [-0.39, 0.29) is 31.3 Å². The average molecular weight is 357 g/mol. The van der Waals surface area contributed by atoms with Gasteiger partial charge >= 0.3 is 5.97 Å². The Labute approximate surface area is 150 Å². The van der Waals surface area contributed by atoms with Crippen LogP contribution in [0.15, 0.2) is 54.6 Å². The van der Waals surface area contributed by atoms with Gasteiger partial charge in [-0.05, 0) is 23.3 Å². The van der Waals surface area contributed by atoms with Crippen LogP contribution in [0.3, 0.4) is 0 Å². The lowest BCUT2D eigenvalue weighted by molar-refractivity contribution is -0.142. The maximum Gasteiger partial charge on any atom is 0.308 e. The number of carboxylic acid groups (broad SMARTS) is 1. The molecule has 1 heterocycles. The maximum atomic E-state index is 13.3. The van der Waals surface area contributed by atoms with Crippen LogP contribution < -0.4 is 0 Å². The molecular formula is C20H20FNO4. The number of carbonyl (C=O) groups is 2. The molecule has 1 aliphatic heterocycles. The van der Waals surface area contributed by atoms with Gasteiger partial charge in [-0.3, -0.25) is 9.59 Å². The molecule has 6 heteroatoms. The second kappa shape index (κ2) is 7.66. The number of amides is 1. The highest BCUT2D eigenvalue weighted by atomic mass is 19.1. The van der Waals surface area contributed by atoms with Crippen LogP contribution in [0.4, 0.5) is 4.39 Å². The first kappa shape index (κ1) is 18.1. The summed E-state index contributed by atoms with van der Waals surface area (Å²) >= 11 is 0. The molecule has 2 N–H and O–H groups in total. The highest BCUT2D eigenvalue weighted by molar-refractivity contribution is 5.80. The van der Waals surface area contributed by atoms with E-state index in [0.29, 0.717) is 5.56 Å². The highest BCUT2D eigenvalue weighted by Crippen LogP contribution is 2.33. The number of rotatable bonds is 5. The van der Waals surface area contributed by atoms with Crippen molar-refractivity contribution in [2.75, 3.05) is 13.1 Å². The topological polar surface area (TPSA) is 77.8 Å². The molecule has 3 rings (SSSR count). The Bertz CT molecular complexity index is 795. The second-order valence-electron chi connectivity index (χ2n) is 6.54. The summed E-state index contributed by atoms with van der Waals surface area (Å²) in [5.74, 6) is -2.74. The zero-order valence-corrected chi connectivity index (χ0v) is 14.1. The fourth-order valence-electron chi connectivity index (χ4n) is 3.42. The van der Waals surface area contributed by atoms with Crippen molar-refractivity contribution in [3.05, 3.63) is 71.5 Å². The third-order valence-electron chi connectivity index (χ3n) is 4.82. The summed E-state index contributed by atoms with van der Waals surface area (Å²) in [5, 5.41) is 19.7. The lowest BCUT2D eigenvalue weighted by Gasteiger charge is -2.19. The van der Waals surface area contributed by atoms with E-state index in [1.54, 1.807) is 6.07 Å².